The first kappa shape index (κ1) is 23.3. The summed E-state index contributed by atoms with van der Waals surface area (Å²) in [5.41, 5.74) is 0.722. The lowest BCUT2D eigenvalue weighted by molar-refractivity contribution is -0.170. The zero-order chi connectivity index (χ0) is 22.6. The second kappa shape index (κ2) is 9.39. The first-order valence-electron chi connectivity index (χ1n) is 11.2. The smallest absolute Gasteiger partial charge is 0.320 e. The van der Waals surface area contributed by atoms with Crippen molar-refractivity contribution in [1.29, 1.82) is 0 Å². The number of carboxylic acid groups (broad SMARTS) is 1. The van der Waals surface area contributed by atoms with Crippen molar-refractivity contribution in [2.24, 2.45) is 12.5 Å². The molecule has 0 unspecified atom stereocenters. The molecule has 0 aliphatic heterocycles. The molecule has 0 bridgehead atoms. The number of para-hydroxylation sites is 2. The number of hydrogen-bond acceptors (Lipinski definition) is 5. The van der Waals surface area contributed by atoms with Crippen LogP contribution in [0.4, 0.5) is 0 Å². The number of carboxylic acids is 1. The molecule has 1 atom stereocenters. The average molecular weight is 430 g/mol. The van der Waals surface area contributed by atoms with E-state index in [0.717, 1.165) is 49.0 Å². The van der Waals surface area contributed by atoms with Crippen LogP contribution in [0.1, 0.15) is 65.1 Å². The molecule has 7 heteroatoms. The van der Waals surface area contributed by atoms with Crippen molar-refractivity contribution >= 4 is 23.0 Å². The van der Waals surface area contributed by atoms with Crippen LogP contribution in [0.5, 0.6) is 0 Å². The lowest BCUT2D eigenvalue weighted by atomic mass is 9.73. The quantitative estimate of drug-likeness (QED) is 0.619. The number of carbonyl (C=O) groups is 2. The number of aliphatic carboxylic acids is 1. The van der Waals surface area contributed by atoms with Crippen molar-refractivity contribution in [2.75, 3.05) is 6.54 Å². The predicted octanol–water partition coefficient (Wildman–Crippen LogP) is 3.84. The van der Waals surface area contributed by atoms with E-state index in [-0.39, 0.29) is 5.97 Å². The summed E-state index contributed by atoms with van der Waals surface area (Å²) in [6.45, 7) is 5.92. The van der Waals surface area contributed by atoms with Crippen LogP contribution in [0, 0.1) is 5.41 Å². The third-order valence-electron chi connectivity index (χ3n) is 6.16. The van der Waals surface area contributed by atoms with Gasteiger partial charge in [0.05, 0.1) is 16.4 Å². The Morgan fingerprint density at radius 2 is 1.90 bits per heavy atom. The number of nitrogens with one attached hydrogen (secondary N) is 1. The van der Waals surface area contributed by atoms with Gasteiger partial charge in [0.15, 0.2) is 0 Å². The van der Waals surface area contributed by atoms with Crippen molar-refractivity contribution in [3.8, 4) is 0 Å². The molecule has 1 aliphatic carbocycles. The van der Waals surface area contributed by atoms with Crippen LogP contribution in [0.3, 0.4) is 0 Å². The number of imidazole rings is 1. The van der Waals surface area contributed by atoms with Gasteiger partial charge in [-0.2, -0.15) is 0 Å². The zero-order valence-electron chi connectivity index (χ0n) is 19.1. The van der Waals surface area contributed by atoms with E-state index in [1.54, 1.807) is 0 Å². The van der Waals surface area contributed by atoms with Crippen LogP contribution in [-0.2, 0) is 27.8 Å². The number of nitrogens with zero attached hydrogens (tertiary/aromatic N) is 2. The molecular weight excluding hydrogens is 394 g/mol. The van der Waals surface area contributed by atoms with Gasteiger partial charge in [-0.3, -0.25) is 9.59 Å². The Bertz CT molecular complexity index is 923. The highest BCUT2D eigenvalue weighted by atomic mass is 16.6. The number of fused-ring (bicyclic) bond motifs is 1. The maximum absolute atomic E-state index is 13.0. The number of hydrogen-bond donors (Lipinski definition) is 2. The fourth-order valence-corrected chi connectivity index (χ4v) is 4.39. The number of carbonyl (C=O) groups excluding carboxylic acids is 1. The Morgan fingerprint density at radius 3 is 2.52 bits per heavy atom. The average Bonchev–Trinajstić information content (AvgIpc) is 3.03. The van der Waals surface area contributed by atoms with Gasteiger partial charge in [-0.1, -0.05) is 31.4 Å². The second-order valence-corrected chi connectivity index (χ2v) is 9.73. The van der Waals surface area contributed by atoms with E-state index in [0.29, 0.717) is 19.4 Å². The van der Waals surface area contributed by atoms with Crippen LogP contribution < -0.4 is 5.32 Å². The highest BCUT2D eigenvalue weighted by Crippen LogP contribution is 2.38. The number of aromatic nitrogens is 2. The lowest BCUT2D eigenvalue weighted by Crippen LogP contribution is -2.50. The van der Waals surface area contributed by atoms with E-state index in [1.165, 1.54) is 0 Å². The maximum Gasteiger partial charge on any atom is 0.320 e. The van der Waals surface area contributed by atoms with Gasteiger partial charge >= 0.3 is 11.9 Å². The summed E-state index contributed by atoms with van der Waals surface area (Å²) in [5.74, 6) is -0.269. The number of ether oxygens (including phenoxy) is 1. The SMILES string of the molecule is Cn1c(CC[C@H](NCC2(C(=O)OC(C)(C)C)CCCCC2)C(=O)O)nc2ccccc21. The van der Waals surface area contributed by atoms with E-state index in [9.17, 15) is 14.7 Å². The molecule has 0 saturated heterocycles. The minimum atomic E-state index is -0.908. The van der Waals surface area contributed by atoms with Crippen LogP contribution in [0.25, 0.3) is 11.0 Å². The van der Waals surface area contributed by atoms with Gasteiger partial charge in [0.1, 0.15) is 17.5 Å². The van der Waals surface area contributed by atoms with Gasteiger partial charge in [0, 0.05) is 20.0 Å². The third kappa shape index (κ3) is 5.64. The number of esters is 1. The molecule has 0 radical (unpaired) electrons. The first-order valence-corrected chi connectivity index (χ1v) is 11.2. The topological polar surface area (TPSA) is 93.5 Å². The lowest BCUT2D eigenvalue weighted by Gasteiger charge is -2.38. The fourth-order valence-electron chi connectivity index (χ4n) is 4.39. The highest BCUT2D eigenvalue weighted by Gasteiger charge is 2.43. The van der Waals surface area contributed by atoms with Gasteiger partial charge in [-0.05, 0) is 52.2 Å². The molecule has 0 spiro atoms. The largest absolute Gasteiger partial charge is 0.480 e. The highest BCUT2D eigenvalue weighted by molar-refractivity contribution is 5.78. The van der Waals surface area contributed by atoms with Crippen LogP contribution in [-0.4, -0.2) is 44.8 Å². The summed E-state index contributed by atoms with van der Waals surface area (Å²) in [6, 6.07) is 7.13. The molecule has 3 rings (SSSR count). The van der Waals surface area contributed by atoms with E-state index in [4.69, 9.17) is 4.74 Å². The standard InChI is InChI=1S/C24H35N3O4/c1-23(2,3)31-22(30)24(14-8-5-9-15-24)16-25-18(21(28)29)12-13-20-26-17-10-6-7-11-19(17)27(20)4/h6-7,10-11,18,25H,5,8-9,12-16H2,1-4H3,(H,28,29)/t18-/m0/s1. The van der Waals surface area contributed by atoms with E-state index >= 15 is 0 Å². The maximum atomic E-state index is 13.0. The fraction of sp³-hybridized carbons (Fsp3) is 0.625. The van der Waals surface area contributed by atoms with Crippen molar-refractivity contribution in [2.45, 2.75) is 77.4 Å². The molecule has 1 aliphatic rings. The monoisotopic (exact) mass is 429 g/mol. The minimum absolute atomic E-state index is 0.216. The van der Waals surface area contributed by atoms with Crippen molar-refractivity contribution < 1.29 is 19.4 Å². The summed E-state index contributed by atoms with van der Waals surface area (Å²) in [6.07, 6.45) is 5.40. The number of rotatable bonds is 8. The van der Waals surface area contributed by atoms with Crippen LogP contribution >= 0.6 is 0 Å². The summed E-state index contributed by atoms with van der Waals surface area (Å²) >= 11 is 0. The molecule has 170 valence electrons. The zero-order valence-corrected chi connectivity index (χ0v) is 19.1. The second-order valence-electron chi connectivity index (χ2n) is 9.73. The molecule has 1 fully saturated rings. The van der Waals surface area contributed by atoms with E-state index in [1.807, 2.05) is 56.7 Å². The Kier molecular flexibility index (Phi) is 7.04. The van der Waals surface area contributed by atoms with Crippen LogP contribution in [0.2, 0.25) is 0 Å². The molecule has 7 nitrogen and oxygen atoms in total. The van der Waals surface area contributed by atoms with Gasteiger partial charge in [0.25, 0.3) is 0 Å². The van der Waals surface area contributed by atoms with E-state index < -0.39 is 23.0 Å². The van der Waals surface area contributed by atoms with Gasteiger partial charge in [0.2, 0.25) is 0 Å². The van der Waals surface area contributed by atoms with Crippen molar-refractivity contribution in [3.63, 3.8) is 0 Å². The number of aryl methyl sites for hydroxylation is 2. The molecule has 2 aromatic rings. The molecule has 31 heavy (non-hydrogen) atoms. The Balaban J connectivity index is 1.68. The minimum Gasteiger partial charge on any atom is -0.480 e. The van der Waals surface area contributed by atoms with E-state index in [2.05, 4.69) is 10.3 Å². The first-order chi connectivity index (χ1) is 14.6. The van der Waals surface area contributed by atoms with Crippen LogP contribution in [0.15, 0.2) is 24.3 Å². The van der Waals surface area contributed by atoms with Gasteiger partial charge in [-0.15, -0.1) is 0 Å². The third-order valence-corrected chi connectivity index (χ3v) is 6.16. The Morgan fingerprint density at radius 1 is 1.23 bits per heavy atom. The Hall–Kier alpha value is -2.41. The molecule has 1 heterocycles. The molecule has 0 amide bonds. The van der Waals surface area contributed by atoms with Gasteiger partial charge < -0.3 is 19.7 Å². The van der Waals surface area contributed by atoms with Crippen molar-refractivity contribution in [3.05, 3.63) is 30.1 Å². The molecule has 2 N–H and O–H groups in total. The predicted molar refractivity (Wildman–Crippen MR) is 120 cm³/mol. The molecule has 1 aromatic heterocycles. The number of benzene rings is 1. The normalized spacial score (nSPS) is 17.4. The summed E-state index contributed by atoms with van der Waals surface area (Å²) in [5, 5.41) is 13.0. The van der Waals surface area contributed by atoms with Crippen molar-refractivity contribution in [1.82, 2.24) is 14.9 Å². The molecule has 1 saturated carbocycles. The Labute approximate surface area is 184 Å². The molecule has 1 aromatic carbocycles. The summed E-state index contributed by atoms with van der Waals surface area (Å²) < 4.78 is 7.72. The van der Waals surface area contributed by atoms with Gasteiger partial charge in [-0.25, -0.2) is 4.98 Å². The summed E-state index contributed by atoms with van der Waals surface area (Å²) in [7, 11) is 1.95. The molecular formula is C24H35N3O4. The summed E-state index contributed by atoms with van der Waals surface area (Å²) in [4.78, 5) is 29.6.